The predicted octanol–water partition coefficient (Wildman–Crippen LogP) is 3.94. The SMILES string of the molecule is Cc1c(C(=O)Nc2snc3c2CCC3)oc2ccccc12. The molecule has 0 atom stereocenters. The van der Waals surface area contributed by atoms with Crippen LogP contribution in [0, 0.1) is 6.92 Å². The normalized spacial score (nSPS) is 13.6. The highest BCUT2D eigenvalue weighted by molar-refractivity contribution is 7.10. The van der Waals surface area contributed by atoms with Gasteiger partial charge in [-0.2, -0.15) is 4.37 Å². The minimum Gasteiger partial charge on any atom is -0.451 e. The highest BCUT2D eigenvalue weighted by atomic mass is 32.1. The van der Waals surface area contributed by atoms with E-state index in [9.17, 15) is 4.79 Å². The van der Waals surface area contributed by atoms with E-state index in [-0.39, 0.29) is 5.91 Å². The quantitative estimate of drug-likeness (QED) is 0.779. The summed E-state index contributed by atoms with van der Waals surface area (Å²) >= 11 is 1.36. The fourth-order valence-electron chi connectivity index (χ4n) is 2.88. The molecular formula is C16H14N2O2S. The number of furan rings is 1. The molecule has 4 nitrogen and oxygen atoms in total. The number of benzene rings is 1. The molecule has 1 N–H and O–H groups in total. The third kappa shape index (κ3) is 1.96. The van der Waals surface area contributed by atoms with Gasteiger partial charge in [0.1, 0.15) is 10.6 Å². The number of hydrogen-bond acceptors (Lipinski definition) is 4. The largest absolute Gasteiger partial charge is 0.451 e. The molecule has 4 rings (SSSR count). The summed E-state index contributed by atoms with van der Waals surface area (Å²) < 4.78 is 10.1. The minimum absolute atomic E-state index is 0.193. The third-order valence-corrected chi connectivity index (χ3v) is 4.83. The fraction of sp³-hybridized carbons (Fsp3) is 0.250. The number of aryl methyl sites for hydroxylation is 2. The number of nitrogens with zero attached hydrogens (tertiary/aromatic N) is 1. The minimum atomic E-state index is -0.193. The molecule has 2 aromatic heterocycles. The number of amides is 1. The van der Waals surface area contributed by atoms with Gasteiger partial charge in [-0.1, -0.05) is 18.2 Å². The molecule has 1 amide bonds. The molecule has 1 aromatic carbocycles. The summed E-state index contributed by atoms with van der Waals surface area (Å²) in [7, 11) is 0. The molecule has 106 valence electrons. The molecular weight excluding hydrogens is 284 g/mol. The van der Waals surface area contributed by atoms with Crippen LogP contribution in [-0.2, 0) is 12.8 Å². The second-order valence-electron chi connectivity index (χ2n) is 5.30. The van der Waals surface area contributed by atoms with E-state index >= 15 is 0 Å². The number of hydrogen-bond donors (Lipinski definition) is 1. The molecule has 2 heterocycles. The van der Waals surface area contributed by atoms with Crippen molar-refractivity contribution in [1.82, 2.24) is 4.37 Å². The Morgan fingerprint density at radius 2 is 2.19 bits per heavy atom. The Kier molecular flexibility index (Phi) is 2.82. The summed E-state index contributed by atoms with van der Waals surface area (Å²) in [5.41, 5.74) is 3.96. The number of aromatic nitrogens is 1. The molecule has 0 radical (unpaired) electrons. The van der Waals surface area contributed by atoms with Crippen molar-refractivity contribution in [2.24, 2.45) is 0 Å². The van der Waals surface area contributed by atoms with Crippen molar-refractivity contribution in [1.29, 1.82) is 0 Å². The fourth-order valence-corrected chi connectivity index (χ4v) is 3.75. The maximum Gasteiger partial charge on any atom is 0.292 e. The second-order valence-corrected chi connectivity index (χ2v) is 6.07. The number of carbonyl (C=O) groups is 1. The molecule has 0 unspecified atom stereocenters. The average molecular weight is 298 g/mol. The van der Waals surface area contributed by atoms with E-state index in [4.69, 9.17) is 4.42 Å². The van der Waals surface area contributed by atoms with Gasteiger partial charge >= 0.3 is 0 Å². The number of carbonyl (C=O) groups excluding carboxylic acids is 1. The van der Waals surface area contributed by atoms with E-state index in [1.54, 1.807) is 0 Å². The standard InChI is InChI=1S/C16H14N2O2S/c1-9-10-5-2-3-8-13(10)20-14(9)15(19)17-16-11-6-4-7-12(11)18-21-16/h2-3,5,8H,4,6-7H2,1H3,(H,17,19). The van der Waals surface area contributed by atoms with E-state index in [1.165, 1.54) is 17.1 Å². The summed E-state index contributed by atoms with van der Waals surface area (Å²) in [4.78, 5) is 12.5. The van der Waals surface area contributed by atoms with Crippen LogP contribution in [0.4, 0.5) is 5.00 Å². The Morgan fingerprint density at radius 1 is 1.33 bits per heavy atom. The highest BCUT2D eigenvalue weighted by Crippen LogP contribution is 2.33. The van der Waals surface area contributed by atoms with Crippen LogP contribution in [0.1, 0.15) is 33.8 Å². The lowest BCUT2D eigenvalue weighted by Gasteiger charge is -2.02. The lowest BCUT2D eigenvalue weighted by Crippen LogP contribution is -2.12. The van der Waals surface area contributed by atoms with Gasteiger partial charge in [0.15, 0.2) is 5.76 Å². The molecule has 0 fully saturated rings. The Labute approximate surface area is 125 Å². The molecule has 3 aromatic rings. The first-order chi connectivity index (χ1) is 10.2. The van der Waals surface area contributed by atoms with Crippen LogP contribution in [0.5, 0.6) is 0 Å². The number of fused-ring (bicyclic) bond motifs is 2. The molecule has 1 aliphatic carbocycles. The topological polar surface area (TPSA) is 55.1 Å². The first-order valence-electron chi connectivity index (χ1n) is 7.01. The van der Waals surface area contributed by atoms with Gasteiger partial charge in [0.25, 0.3) is 5.91 Å². The summed E-state index contributed by atoms with van der Waals surface area (Å²) in [6.45, 7) is 1.91. The van der Waals surface area contributed by atoms with E-state index in [0.29, 0.717) is 5.76 Å². The Balaban J connectivity index is 1.68. The van der Waals surface area contributed by atoms with Gasteiger partial charge in [-0.05, 0) is 43.8 Å². The number of rotatable bonds is 2. The summed E-state index contributed by atoms with van der Waals surface area (Å²) in [6, 6.07) is 7.70. The van der Waals surface area contributed by atoms with Crippen molar-refractivity contribution in [3.8, 4) is 0 Å². The van der Waals surface area contributed by atoms with Crippen molar-refractivity contribution in [2.45, 2.75) is 26.2 Å². The van der Waals surface area contributed by atoms with E-state index < -0.39 is 0 Å². The van der Waals surface area contributed by atoms with Gasteiger partial charge < -0.3 is 9.73 Å². The van der Waals surface area contributed by atoms with Gasteiger partial charge in [-0.15, -0.1) is 0 Å². The summed E-state index contributed by atoms with van der Waals surface area (Å²) in [5.74, 6) is 0.193. The average Bonchev–Trinajstić information content (AvgIpc) is 3.16. The number of para-hydroxylation sites is 1. The van der Waals surface area contributed by atoms with Crippen molar-refractivity contribution in [2.75, 3.05) is 5.32 Å². The molecule has 0 bridgehead atoms. The zero-order chi connectivity index (χ0) is 14.4. The van der Waals surface area contributed by atoms with Crippen LogP contribution in [0.15, 0.2) is 28.7 Å². The van der Waals surface area contributed by atoms with Gasteiger partial charge in [0.2, 0.25) is 0 Å². The van der Waals surface area contributed by atoms with Gasteiger partial charge in [-0.3, -0.25) is 4.79 Å². The maximum atomic E-state index is 12.5. The summed E-state index contributed by atoms with van der Waals surface area (Å²) in [5, 5.41) is 4.82. The zero-order valence-corrected chi connectivity index (χ0v) is 12.4. The molecule has 0 saturated heterocycles. The third-order valence-electron chi connectivity index (χ3n) is 3.99. The Morgan fingerprint density at radius 3 is 3.05 bits per heavy atom. The van der Waals surface area contributed by atoms with Crippen molar-refractivity contribution >= 4 is 33.4 Å². The van der Waals surface area contributed by atoms with Crippen LogP contribution >= 0.6 is 11.5 Å². The number of nitrogens with one attached hydrogen (secondary N) is 1. The van der Waals surface area contributed by atoms with Crippen LogP contribution in [0.25, 0.3) is 11.0 Å². The van der Waals surface area contributed by atoms with Crippen LogP contribution < -0.4 is 5.32 Å². The van der Waals surface area contributed by atoms with Gasteiger partial charge in [-0.25, -0.2) is 0 Å². The molecule has 0 aliphatic heterocycles. The molecule has 5 heteroatoms. The smallest absolute Gasteiger partial charge is 0.292 e. The van der Waals surface area contributed by atoms with Crippen molar-refractivity contribution < 1.29 is 9.21 Å². The van der Waals surface area contributed by atoms with E-state index in [1.807, 2.05) is 31.2 Å². The lowest BCUT2D eigenvalue weighted by atomic mass is 10.1. The molecule has 1 aliphatic rings. The van der Waals surface area contributed by atoms with Gasteiger partial charge in [0, 0.05) is 16.5 Å². The first-order valence-corrected chi connectivity index (χ1v) is 7.78. The molecule has 0 saturated carbocycles. The van der Waals surface area contributed by atoms with Crippen LogP contribution in [0.2, 0.25) is 0 Å². The Hall–Kier alpha value is -2.14. The monoisotopic (exact) mass is 298 g/mol. The summed E-state index contributed by atoms with van der Waals surface area (Å²) in [6.07, 6.45) is 3.14. The van der Waals surface area contributed by atoms with Crippen LogP contribution in [-0.4, -0.2) is 10.3 Å². The van der Waals surface area contributed by atoms with E-state index in [0.717, 1.165) is 46.5 Å². The molecule has 21 heavy (non-hydrogen) atoms. The van der Waals surface area contributed by atoms with Crippen LogP contribution in [0.3, 0.4) is 0 Å². The second kappa shape index (κ2) is 4.70. The predicted molar refractivity (Wildman–Crippen MR) is 83.0 cm³/mol. The lowest BCUT2D eigenvalue weighted by molar-refractivity contribution is 0.0998. The van der Waals surface area contributed by atoms with E-state index in [2.05, 4.69) is 9.69 Å². The van der Waals surface area contributed by atoms with Gasteiger partial charge in [0.05, 0.1) is 5.69 Å². The Bertz CT molecular complexity index is 847. The maximum absolute atomic E-state index is 12.5. The number of anilines is 1. The van der Waals surface area contributed by atoms with Crippen molar-refractivity contribution in [3.05, 3.63) is 46.8 Å². The molecule has 0 spiro atoms. The van der Waals surface area contributed by atoms with Crippen molar-refractivity contribution in [3.63, 3.8) is 0 Å². The zero-order valence-electron chi connectivity index (χ0n) is 11.6. The first kappa shape index (κ1) is 12.6. The highest BCUT2D eigenvalue weighted by Gasteiger charge is 2.23.